The van der Waals surface area contributed by atoms with E-state index in [0.29, 0.717) is 0 Å². The van der Waals surface area contributed by atoms with Crippen molar-refractivity contribution in [2.45, 2.75) is 12.8 Å². The van der Waals surface area contributed by atoms with Crippen LogP contribution >= 0.6 is 0 Å². The van der Waals surface area contributed by atoms with Gasteiger partial charge in [-0.25, -0.2) is 0 Å². The Hall–Kier alpha value is -0.720. The molecule has 0 saturated carbocycles. The van der Waals surface area contributed by atoms with Crippen molar-refractivity contribution in [2.75, 3.05) is 13.6 Å². The molecule has 1 aliphatic heterocycles. The highest BCUT2D eigenvalue weighted by molar-refractivity contribution is 5.25. The second-order valence-corrected chi connectivity index (χ2v) is 2.58. The van der Waals surface area contributed by atoms with Gasteiger partial charge in [0, 0.05) is 19.3 Å². The maximum absolute atomic E-state index is 3.90. The lowest BCUT2D eigenvalue weighted by molar-refractivity contribution is 0.386. The number of likely N-dealkylation sites (tertiary alicyclic amines) is 1. The highest BCUT2D eigenvalue weighted by Gasteiger charge is 2.10. The van der Waals surface area contributed by atoms with Gasteiger partial charge in [-0.05, 0) is 18.4 Å². The molecule has 0 aliphatic carbocycles. The van der Waals surface area contributed by atoms with Crippen molar-refractivity contribution in [1.29, 1.82) is 0 Å². The Bertz CT molecular complexity index is 147. The van der Waals surface area contributed by atoms with Gasteiger partial charge >= 0.3 is 0 Å². The van der Waals surface area contributed by atoms with Gasteiger partial charge in [-0.3, -0.25) is 0 Å². The van der Waals surface area contributed by atoms with Gasteiger partial charge in [-0.15, -0.1) is 0 Å². The molecule has 1 heteroatoms. The SMILES string of the molecule is C=C1CCCN(C)C1=C. The van der Waals surface area contributed by atoms with Crippen molar-refractivity contribution in [3.05, 3.63) is 24.4 Å². The Balaban J connectivity index is 2.62. The van der Waals surface area contributed by atoms with E-state index in [1.807, 2.05) is 0 Å². The zero-order chi connectivity index (χ0) is 6.85. The van der Waals surface area contributed by atoms with Gasteiger partial charge in [-0.2, -0.15) is 0 Å². The van der Waals surface area contributed by atoms with Crippen LogP contribution in [0.2, 0.25) is 0 Å². The molecule has 50 valence electrons. The Morgan fingerprint density at radius 3 is 2.56 bits per heavy atom. The summed E-state index contributed by atoms with van der Waals surface area (Å²) in [5, 5.41) is 0. The maximum atomic E-state index is 3.90. The molecule has 1 rings (SSSR count). The summed E-state index contributed by atoms with van der Waals surface area (Å²) in [5.74, 6) is 0. The van der Waals surface area contributed by atoms with Crippen molar-refractivity contribution in [3.63, 3.8) is 0 Å². The number of nitrogens with zero attached hydrogens (tertiary/aromatic N) is 1. The van der Waals surface area contributed by atoms with Gasteiger partial charge in [0.15, 0.2) is 0 Å². The lowest BCUT2D eigenvalue weighted by Crippen LogP contribution is -2.23. The van der Waals surface area contributed by atoms with Crippen molar-refractivity contribution in [2.24, 2.45) is 0 Å². The molecule has 1 heterocycles. The van der Waals surface area contributed by atoms with Gasteiger partial charge in [0.2, 0.25) is 0 Å². The van der Waals surface area contributed by atoms with Gasteiger partial charge in [-0.1, -0.05) is 13.2 Å². The Morgan fingerprint density at radius 1 is 1.44 bits per heavy atom. The van der Waals surface area contributed by atoms with Gasteiger partial charge < -0.3 is 4.90 Å². The van der Waals surface area contributed by atoms with Crippen molar-refractivity contribution in [3.8, 4) is 0 Å². The van der Waals surface area contributed by atoms with Crippen LogP contribution in [-0.4, -0.2) is 18.5 Å². The first-order chi connectivity index (χ1) is 4.22. The fraction of sp³-hybridized carbons (Fsp3) is 0.500. The molecule has 0 unspecified atom stereocenters. The fourth-order valence-electron chi connectivity index (χ4n) is 1.08. The van der Waals surface area contributed by atoms with Gasteiger partial charge in [0.1, 0.15) is 0 Å². The second-order valence-electron chi connectivity index (χ2n) is 2.58. The summed E-state index contributed by atoms with van der Waals surface area (Å²) in [6.45, 7) is 8.94. The van der Waals surface area contributed by atoms with E-state index in [1.54, 1.807) is 0 Å². The van der Waals surface area contributed by atoms with Gasteiger partial charge in [0.25, 0.3) is 0 Å². The molecule has 0 radical (unpaired) electrons. The molecule has 1 fully saturated rings. The first-order valence-electron chi connectivity index (χ1n) is 3.30. The summed E-state index contributed by atoms with van der Waals surface area (Å²) in [7, 11) is 2.06. The zero-order valence-corrected chi connectivity index (χ0v) is 5.98. The Morgan fingerprint density at radius 2 is 2.11 bits per heavy atom. The second kappa shape index (κ2) is 2.26. The minimum absolute atomic E-state index is 1.11. The first kappa shape index (κ1) is 6.40. The summed E-state index contributed by atoms with van der Waals surface area (Å²) in [4.78, 5) is 2.16. The third kappa shape index (κ3) is 1.15. The molecule has 0 aromatic carbocycles. The monoisotopic (exact) mass is 123 g/mol. The summed E-state index contributed by atoms with van der Waals surface area (Å²) in [6.07, 6.45) is 2.36. The van der Waals surface area contributed by atoms with Crippen LogP contribution in [0, 0.1) is 0 Å². The average Bonchev–Trinajstić information content (AvgIpc) is 1.83. The van der Waals surface area contributed by atoms with E-state index in [1.165, 1.54) is 12.0 Å². The third-order valence-electron chi connectivity index (χ3n) is 1.84. The number of hydrogen-bond acceptors (Lipinski definition) is 1. The lowest BCUT2D eigenvalue weighted by Gasteiger charge is -2.28. The number of likely N-dealkylation sites (N-methyl/N-ethyl adjacent to an activating group) is 1. The number of allylic oxidation sites excluding steroid dienone is 1. The third-order valence-corrected chi connectivity index (χ3v) is 1.84. The number of hydrogen-bond donors (Lipinski definition) is 0. The molecule has 0 amide bonds. The molecule has 1 saturated heterocycles. The molecular weight excluding hydrogens is 110 g/mol. The lowest BCUT2D eigenvalue weighted by atomic mass is 10.0. The van der Waals surface area contributed by atoms with E-state index in [0.717, 1.165) is 18.7 Å². The predicted molar refractivity (Wildman–Crippen MR) is 40.1 cm³/mol. The topological polar surface area (TPSA) is 3.24 Å². The summed E-state index contributed by atoms with van der Waals surface area (Å²) >= 11 is 0. The van der Waals surface area contributed by atoms with E-state index in [-0.39, 0.29) is 0 Å². The number of rotatable bonds is 0. The van der Waals surface area contributed by atoms with Crippen LogP contribution in [0.5, 0.6) is 0 Å². The minimum atomic E-state index is 1.11. The number of piperidine rings is 1. The molecule has 0 spiro atoms. The first-order valence-corrected chi connectivity index (χ1v) is 3.30. The van der Waals surface area contributed by atoms with Crippen molar-refractivity contribution < 1.29 is 0 Å². The van der Waals surface area contributed by atoms with E-state index < -0.39 is 0 Å². The molecule has 0 N–H and O–H groups in total. The maximum Gasteiger partial charge on any atom is 0.0317 e. The predicted octanol–water partition coefficient (Wildman–Crippen LogP) is 1.78. The quantitative estimate of drug-likeness (QED) is 0.474. The zero-order valence-electron chi connectivity index (χ0n) is 5.98. The molecule has 9 heavy (non-hydrogen) atoms. The highest BCUT2D eigenvalue weighted by atomic mass is 15.1. The fourth-order valence-corrected chi connectivity index (χ4v) is 1.08. The molecule has 0 bridgehead atoms. The largest absolute Gasteiger partial charge is 0.375 e. The van der Waals surface area contributed by atoms with Crippen LogP contribution in [0.15, 0.2) is 24.4 Å². The van der Waals surface area contributed by atoms with Crippen LogP contribution in [-0.2, 0) is 0 Å². The van der Waals surface area contributed by atoms with E-state index in [9.17, 15) is 0 Å². The van der Waals surface area contributed by atoms with Crippen LogP contribution in [0.4, 0.5) is 0 Å². The average molecular weight is 123 g/mol. The van der Waals surface area contributed by atoms with Crippen molar-refractivity contribution >= 4 is 0 Å². The normalized spacial score (nSPS) is 20.8. The van der Waals surface area contributed by atoms with Crippen LogP contribution in [0.25, 0.3) is 0 Å². The molecule has 0 aromatic heterocycles. The van der Waals surface area contributed by atoms with E-state index in [2.05, 4.69) is 25.1 Å². The highest BCUT2D eigenvalue weighted by Crippen LogP contribution is 2.20. The molecule has 1 aliphatic rings. The Labute approximate surface area is 56.7 Å². The summed E-state index contributed by atoms with van der Waals surface area (Å²) in [6, 6.07) is 0. The summed E-state index contributed by atoms with van der Waals surface area (Å²) < 4.78 is 0. The standard InChI is InChI=1S/C8H13N/c1-7-5-4-6-9(3)8(7)2/h1-2,4-6H2,3H3. The molecular formula is C8H13N. The molecule has 0 aromatic rings. The smallest absolute Gasteiger partial charge is 0.0317 e. The molecule has 0 atom stereocenters. The van der Waals surface area contributed by atoms with E-state index >= 15 is 0 Å². The van der Waals surface area contributed by atoms with Gasteiger partial charge in [0.05, 0.1) is 0 Å². The van der Waals surface area contributed by atoms with Crippen molar-refractivity contribution in [1.82, 2.24) is 4.90 Å². The van der Waals surface area contributed by atoms with Crippen LogP contribution < -0.4 is 0 Å². The minimum Gasteiger partial charge on any atom is -0.375 e. The van der Waals surface area contributed by atoms with E-state index in [4.69, 9.17) is 0 Å². The molecule has 1 nitrogen and oxygen atoms in total. The van der Waals surface area contributed by atoms with Crippen LogP contribution in [0.1, 0.15) is 12.8 Å². The summed E-state index contributed by atoms with van der Waals surface area (Å²) in [5.41, 5.74) is 2.31. The van der Waals surface area contributed by atoms with Crippen LogP contribution in [0.3, 0.4) is 0 Å². The Kier molecular flexibility index (Phi) is 1.60.